The molecule has 0 fully saturated rings. The number of aliphatic imine (C=N–C) groups is 1. The lowest BCUT2D eigenvalue weighted by Crippen LogP contribution is -1.89. The third-order valence-corrected chi connectivity index (χ3v) is 1.36. The van der Waals surface area contributed by atoms with Crippen LogP contribution in [0.15, 0.2) is 35.2 Å². The Bertz CT molecular complexity index is 320. The molecule has 53 valence electrons. The lowest BCUT2D eigenvalue weighted by atomic mass is 10.2. The van der Waals surface area contributed by atoms with E-state index in [-0.39, 0.29) is 0 Å². The molecule has 0 spiro atoms. The largest absolute Gasteiger partial charge is 0.445 e. The first kappa shape index (κ1) is 6.09. The Morgan fingerprint density at radius 1 is 1.45 bits per heavy atom. The zero-order chi connectivity index (χ0) is 7.52. The standard InChI is InChI=1S/C8H6N2O/c1-3-9-4-2-7(1)8-10-5-6-11-8/h1-6H/q+1. The van der Waals surface area contributed by atoms with Gasteiger partial charge < -0.3 is 4.42 Å². The summed E-state index contributed by atoms with van der Waals surface area (Å²) in [5, 5.41) is 0. The van der Waals surface area contributed by atoms with Gasteiger partial charge in [0.1, 0.15) is 6.26 Å². The maximum Gasteiger partial charge on any atom is 0.243 e. The number of oxazole rings is 1. The fraction of sp³-hybridized carbons (Fsp3) is 0. The van der Waals surface area contributed by atoms with E-state index in [9.17, 15) is 0 Å². The molecule has 0 bridgehead atoms. The molecule has 3 nitrogen and oxygen atoms in total. The van der Waals surface area contributed by atoms with Gasteiger partial charge in [-0.3, -0.25) is 0 Å². The van der Waals surface area contributed by atoms with Crippen LogP contribution in [0, 0.1) is 0 Å². The third kappa shape index (κ3) is 1.12. The smallest absolute Gasteiger partial charge is 0.243 e. The van der Waals surface area contributed by atoms with Crippen LogP contribution in [0.4, 0.5) is 0 Å². The zero-order valence-electron chi connectivity index (χ0n) is 5.77. The van der Waals surface area contributed by atoms with Gasteiger partial charge in [-0.05, 0) is 0 Å². The molecule has 0 aromatic carbocycles. The van der Waals surface area contributed by atoms with Crippen molar-refractivity contribution >= 4 is 11.8 Å². The Balaban J connectivity index is 2.38. The van der Waals surface area contributed by atoms with Gasteiger partial charge in [-0.2, -0.15) is 0 Å². The number of hydrogen-bond acceptors (Lipinski definition) is 3. The maximum absolute atomic E-state index is 5.08. The van der Waals surface area contributed by atoms with E-state index in [2.05, 4.69) is 9.98 Å². The zero-order valence-corrected chi connectivity index (χ0v) is 5.77. The van der Waals surface area contributed by atoms with Crippen LogP contribution in [-0.4, -0.2) is 11.2 Å². The topological polar surface area (TPSA) is 40.1 Å². The summed E-state index contributed by atoms with van der Waals surface area (Å²) in [4.78, 5) is 7.88. The molecule has 2 heterocycles. The van der Waals surface area contributed by atoms with Gasteiger partial charge in [0, 0.05) is 17.7 Å². The van der Waals surface area contributed by atoms with Crippen LogP contribution in [0.5, 0.6) is 0 Å². The van der Waals surface area contributed by atoms with Crippen LogP contribution in [-0.2, 0) is 0 Å². The monoisotopic (exact) mass is 146 g/mol. The van der Waals surface area contributed by atoms with E-state index in [4.69, 9.17) is 4.42 Å². The molecule has 0 atom stereocenters. The van der Waals surface area contributed by atoms with Crippen molar-refractivity contribution in [1.29, 1.82) is 0 Å². The Kier molecular flexibility index (Phi) is 1.41. The Morgan fingerprint density at radius 3 is 3.09 bits per heavy atom. The summed E-state index contributed by atoms with van der Waals surface area (Å²) in [6.07, 6.45) is 10.3. The van der Waals surface area contributed by atoms with E-state index in [1.807, 2.05) is 12.2 Å². The van der Waals surface area contributed by atoms with Crippen molar-refractivity contribution in [2.45, 2.75) is 0 Å². The summed E-state index contributed by atoms with van der Waals surface area (Å²) in [7, 11) is 0. The molecule has 0 N–H and O–H groups in total. The number of nitrogens with zero attached hydrogens (tertiary/aromatic N) is 2. The maximum atomic E-state index is 5.08. The molecule has 1 aromatic heterocycles. The highest BCUT2D eigenvalue weighted by molar-refractivity contribution is 5.87. The summed E-state index contributed by atoms with van der Waals surface area (Å²) in [6.45, 7) is 0. The number of rotatable bonds is 1. The number of hydrogen-bond donors (Lipinski definition) is 0. The molecular formula is C8H6N2O+. The van der Waals surface area contributed by atoms with Gasteiger partial charge in [-0.25, -0.2) is 4.98 Å². The average molecular weight is 146 g/mol. The predicted molar refractivity (Wildman–Crippen MR) is 41.8 cm³/mol. The van der Waals surface area contributed by atoms with E-state index >= 15 is 0 Å². The third-order valence-electron chi connectivity index (χ3n) is 1.36. The summed E-state index contributed by atoms with van der Waals surface area (Å²) in [5.41, 5.74) is 0.949. The highest BCUT2D eigenvalue weighted by atomic mass is 16.3. The van der Waals surface area contributed by atoms with E-state index < -0.39 is 0 Å². The van der Waals surface area contributed by atoms with Gasteiger partial charge in [-0.15, -0.1) is 0 Å². The van der Waals surface area contributed by atoms with E-state index in [1.165, 1.54) is 0 Å². The lowest BCUT2D eigenvalue weighted by Gasteiger charge is -1.90. The van der Waals surface area contributed by atoms with Crippen molar-refractivity contribution in [2.24, 2.45) is 0 Å². The molecule has 3 heteroatoms. The second-order valence-corrected chi connectivity index (χ2v) is 2.07. The summed E-state index contributed by atoms with van der Waals surface area (Å²) < 4.78 is 5.08. The first-order valence-electron chi connectivity index (χ1n) is 3.27. The van der Waals surface area contributed by atoms with Crippen molar-refractivity contribution in [3.8, 4) is 0 Å². The van der Waals surface area contributed by atoms with Crippen LogP contribution in [0.25, 0.3) is 5.57 Å². The molecule has 11 heavy (non-hydrogen) atoms. The second kappa shape index (κ2) is 2.54. The number of allylic oxidation sites excluding steroid dienone is 3. The van der Waals surface area contributed by atoms with Gasteiger partial charge in [0.25, 0.3) is 0 Å². The molecule has 0 aliphatic carbocycles. The Morgan fingerprint density at radius 2 is 2.45 bits per heavy atom. The quantitative estimate of drug-likeness (QED) is 0.592. The molecule has 0 saturated carbocycles. The van der Waals surface area contributed by atoms with Gasteiger partial charge in [-0.1, -0.05) is 0 Å². The summed E-state index contributed by atoms with van der Waals surface area (Å²) in [5.74, 6) is 0.632. The summed E-state index contributed by atoms with van der Waals surface area (Å²) in [6, 6.07) is 0. The SMILES string of the molecule is C1=CC(c2ncco2)=CC=[N+]1. The fourth-order valence-electron chi connectivity index (χ4n) is 0.861. The van der Waals surface area contributed by atoms with Crippen molar-refractivity contribution in [2.75, 3.05) is 0 Å². The van der Waals surface area contributed by atoms with Crippen LogP contribution < -0.4 is 4.99 Å². The van der Waals surface area contributed by atoms with Gasteiger partial charge in [0.05, 0.1) is 11.2 Å². The molecule has 2 rings (SSSR count). The van der Waals surface area contributed by atoms with Crippen molar-refractivity contribution in [3.63, 3.8) is 0 Å². The Hall–Kier alpha value is -1.64. The average Bonchev–Trinajstić information content (AvgIpc) is 2.58. The molecule has 0 unspecified atom stereocenters. The predicted octanol–water partition coefficient (Wildman–Crippen LogP) is 0.992. The second-order valence-electron chi connectivity index (χ2n) is 2.07. The highest BCUT2D eigenvalue weighted by Crippen LogP contribution is 2.12. The first-order valence-corrected chi connectivity index (χ1v) is 3.27. The number of aromatic nitrogens is 1. The minimum atomic E-state index is 0.632. The molecule has 1 aliphatic rings. The fourth-order valence-corrected chi connectivity index (χ4v) is 0.861. The van der Waals surface area contributed by atoms with Crippen LogP contribution in [0.1, 0.15) is 5.89 Å². The van der Waals surface area contributed by atoms with Crippen molar-refractivity contribution in [1.82, 2.24) is 9.98 Å². The van der Waals surface area contributed by atoms with Crippen molar-refractivity contribution in [3.05, 3.63) is 36.7 Å². The first-order chi connectivity index (χ1) is 5.47. The molecule has 1 radical (unpaired) electrons. The van der Waals surface area contributed by atoms with E-state index in [0.29, 0.717) is 5.89 Å². The van der Waals surface area contributed by atoms with Crippen molar-refractivity contribution < 1.29 is 4.42 Å². The van der Waals surface area contributed by atoms with Gasteiger partial charge in [0.15, 0.2) is 0 Å². The molecular weight excluding hydrogens is 140 g/mol. The minimum absolute atomic E-state index is 0.632. The van der Waals surface area contributed by atoms with Crippen LogP contribution >= 0.6 is 0 Å². The van der Waals surface area contributed by atoms with Gasteiger partial charge >= 0.3 is 0 Å². The van der Waals surface area contributed by atoms with E-state index in [1.54, 1.807) is 24.9 Å². The molecule has 1 aliphatic heterocycles. The van der Waals surface area contributed by atoms with Crippen LogP contribution in [0.2, 0.25) is 0 Å². The normalized spacial score (nSPS) is 15.1. The molecule has 0 saturated heterocycles. The highest BCUT2D eigenvalue weighted by Gasteiger charge is 2.06. The lowest BCUT2D eigenvalue weighted by molar-refractivity contribution is 0.543. The molecule has 1 aromatic rings. The Labute approximate surface area is 63.8 Å². The van der Waals surface area contributed by atoms with Crippen LogP contribution in [0.3, 0.4) is 0 Å². The minimum Gasteiger partial charge on any atom is -0.445 e. The van der Waals surface area contributed by atoms with Gasteiger partial charge in [0.2, 0.25) is 18.3 Å². The summed E-state index contributed by atoms with van der Waals surface area (Å²) >= 11 is 0. The molecule has 0 amide bonds. The van der Waals surface area contributed by atoms with E-state index in [0.717, 1.165) is 5.57 Å².